The third-order valence-corrected chi connectivity index (χ3v) is 5.18. The molecule has 1 aromatic rings. The lowest BCUT2D eigenvalue weighted by molar-refractivity contribution is 0.0745. The highest BCUT2D eigenvalue weighted by molar-refractivity contribution is 9.10. The molecule has 1 rings (SSSR count). The fraction of sp³-hybridized carbons (Fsp3) is 0.462. The molecule has 1 aromatic carbocycles. The van der Waals surface area contributed by atoms with E-state index in [9.17, 15) is 13.2 Å². The maximum absolute atomic E-state index is 12.4. The molecule has 0 fully saturated rings. The number of sulfonamides is 1. The second kappa shape index (κ2) is 6.24. The average molecular weight is 398 g/mol. The van der Waals surface area contributed by atoms with Crippen molar-refractivity contribution in [1.29, 1.82) is 0 Å². The Balaban J connectivity index is 3.27. The standard InChI is InChI=1S/C13H18BrClN2O3S/c1-13(2,3)7-17(4)12(18)8-5-9(15)11(14)10(6-8)21(16,19)20/h5-6H,7H2,1-4H3,(H2,16,19,20). The van der Waals surface area contributed by atoms with Crippen LogP contribution in [-0.2, 0) is 10.0 Å². The van der Waals surface area contributed by atoms with E-state index in [1.807, 2.05) is 20.8 Å². The van der Waals surface area contributed by atoms with Crippen LogP contribution in [0, 0.1) is 5.41 Å². The average Bonchev–Trinajstić information content (AvgIpc) is 2.27. The predicted octanol–water partition coefficient (Wildman–Crippen LogP) is 2.87. The number of primary sulfonamides is 1. The molecule has 5 nitrogen and oxygen atoms in total. The van der Waals surface area contributed by atoms with E-state index in [2.05, 4.69) is 15.9 Å². The lowest BCUT2D eigenvalue weighted by atomic mass is 9.96. The molecule has 0 atom stereocenters. The topological polar surface area (TPSA) is 80.5 Å². The van der Waals surface area contributed by atoms with Crippen LogP contribution in [-0.4, -0.2) is 32.8 Å². The molecule has 0 aliphatic heterocycles. The third kappa shape index (κ3) is 4.95. The van der Waals surface area contributed by atoms with Gasteiger partial charge in [0.25, 0.3) is 5.91 Å². The zero-order valence-electron chi connectivity index (χ0n) is 12.3. The molecule has 0 aromatic heterocycles. The van der Waals surface area contributed by atoms with Crippen molar-refractivity contribution in [3.8, 4) is 0 Å². The van der Waals surface area contributed by atoms with Crippen molar-refractivity contribution in [2.45, 2.75) is 25.7 Å². The van der Waals surface area contributed by atoms with Gasteiger partial charge in [0.1, 0.15) is 0 Å². The van der Waals surface area contributed by atoms with Crippen LogP contribution in [0.25, 0.3) is 0 Å². The number of carbonyl (C=O) groups is 1. The molecule has 118 valence electrons. The number of halogens is 2. The lowest BCUT2D eigenvalue weighted by Gasteiger charge is -2.26. The summed E-state index contributed by atoms with van der Waals surface area (Å²) in [5, 5.41) is 5.25. The van der Waals surface area contributed by atoms with Crippen LogP contribution in [0.3, 0.4) is 0 Å². The van der Waals surface area contributed by atoms with Gasteiger partial charge in [0, 0.05) is 19.2 Å². The van der Waals surface area contributed by atoms with E-state index in [1.54, 1.807) is 7.05 Å². The summed E-state index contributed by atoms with van der Waals surface area (Å²) in [7, 11) is -2.32. The number of nitrogens with two attached hydrogens (primary N) is 1. The molecule has 0 radical (unpaired) electrons. The highest BCUT2D eigenvalue weighted by atomic mass is 79.9. The fourth-order valence-corrected chi connectivity index (χ4v) is 3.73. The summed E-state index contributed by atoms with van der Waals surface area (Å²) in [6.45, 7) is 6.52. The van der Waals surface area contributed by atoms with E-state index in [1.165, 1.54) is 17.0 Å². The normalized spacial score (nSPS) is 12.3. The first kappa shape index (κ1) is 18.4. The smallest absolute Gasteiger partial charge is 0.253 e. The minimum absolute atomic E-state index is 0.0770. The molecule has 0 spiro atoms. The Labute approximate surface area is 138 Å². The minimum atomic E-state index is -3.97. The SMILES string of the molecule is CN(CC(C)(C)C)C(=O)c1cc(Cl)c(Br)c(S(N)(=O)=O)c1. The monoisotopic (exact) mass is 396 g/mol. The van der Waals surface area contributed by atoms with Crippen LogP contribution in [0.2, 0.25) is 5.02 Å². The Bertz CT molecular complexity index is 669. The number of amides is 1. The van der Waals surface area contributed by atoms with E-state index in [-0.39, 0.29) is 31.3 Å². The van der Waals surface area contributed by atoms with Crippen molar-refractivity contribution in [3.63, 3.8) is 0 Å². The van der Waals surface area contributed by atoms with Crippen LogP contribution in [0.4, 0.5) is 0 Å². The lowest BCUT2D eigenvalue weighted by Crippen LogP contribution is -2.34. The van der Waals surface area contributed by atoms with Crippen molar-refractivity contribution < 1.29 is 13.2 Å². The summed E-state index contributed by atoms with van der Waals surface area (Å²) in [6.07, 6.45) is 0. The summed E-state index contributed by atoms with van der Waals surface area (Å²) in [5.41, 5.74) is 0.103. The van der Waals surface area contributed by atoms with E-state index >= 15 is 0 Å². The number of rotatable bonds is 3. The van der Waals surface area contributed by atoms with Gasteiger partial charge in [0.05, 0.1) is 14.4 Å². The van der Waals surface area contributed by atoms with Crippen molar-refractivity contribution in [2.75, 3.05) is 13.6 Å². The van der Waals surface area contributed by atoms with Crippen LogP contribution in [0.15, 0.2) is 21.5 Å². The summed E-state index contributed by atoms with van der Waals surface area (Å²) < 4.78 is 23.2. The first-order chi connectivity index (χ1) is 9.33. The van der Waals surface area contributed by atoms with E-state index in [0.717, 1.165) is 0 Å². The van der Waals surface area contributed by atoms with Gasteiger partial charge in [-0.2, -0.15) is 0 Å². The Morgan fingerprint density at radius 2 is 1.90 bits per heavy atom. The van der Waals surface area contributed by atoms with E-state index in [0.29, 0.717) is 6.54 Å². The zero-order valence-corrected chi connectivity index (χ0v) is 15.4. The molecule has 0 aliphatic rings. The van der Waals surface area contributed by atoms with Gasteiger partial charge in [-0.25, -0.2) is 13.6 Å². The number of hydrogen-bond donors (Lipinski definition) is 1. The molecule has 0 unspecified atom stereocenters. The largest absolute Gasteiger partial charge is 0.341 e. The van der Waals surface area contributed by atoms with Crippen molar-refractivity contribution >= 4 is 43.5 Å². The van der Waals surface area contributed by atoms with Gasteiger partial charge in [-0.05, 0) is 33.5 Å². The van der Waals surface area contributed by atoms with Crippen molar-refractivity contribution in [1.82, 2.24) is 4.90 Å². The van der Waals surface area contributed by atoms with Gasteiger partial charge in [-0.1, -0.05) is 32.4 Å². The molecule has 8 heteroatoms. The van der Waals surface area contributed by atoms with Crippen LogP contribution in [0.5, 0.6) is 0 Å². The summed E-state index contributed by atoms with van der Waals surface area (Å²) >= 11 is 9.04. The van der Waals surface area contributed by atoms with Gasteiger partial charge in [-0.3, -0.25) is 4.79 Å². The summed E-state index contributed by atoms with van der Waals surface area (Å²) in [6, 6.07) is 2.65. The number of benzene rings is 1. The number of hydrogen-bond acceptors (Lipinski definition) is 3. The van der Waals surface area contributed by atoms with E-state index in [4.69, 9.17) is 16.7 Å². The van der Waals surface area contributed by atoms with Gasteiger partial charge in [-0.15, -0.1) is 0 Å². The summed E-state index contributed by atoms with van der Waals surface area (Å²) in [5.74, 6) is -0.316. The molecular formula is C13H18BrClN2O3S. The van der Waals surface area contributed by atoms with Crippen LogP contribution >= 0.6 is 27.5 Å². The molecule has 0 saturated heterocycles. The van der Waals surface area contributed by atoms with E-state index < -0.39 is 10.0 Å². The molecule has 1 amide bonds. The van der Waals surface area contributed by atoms with Crippen LogP contribution < -0.4 is 5.14 Å². The second-order valence-electron chi connectivity index (χ2n) is 6.04. The molecule has 0 bridgehead atoms. The molecule has 0 aliphatic carbocycles. The van der Waals surface area contributed by atoms with Gasteiger partial charge < -0.3 is 4.90 Å². The second-order valence-corrected chi connectivity index (χ2v) is 8.77. The number of carbonyl (C=O) groups excluding carboxylic acids is 1. The molecule has 21 heavy (non-hydrogen) atoms. The maximum Gasteiger partial charge on any atom is 0.253 e. The number of nitrogens with zero attached hydrogens (tertiary/aromatic N) is 1. The predicted molar refractivity (Wildman–Crippen MR) is 86.9 cm³/mol. The molecule has 2 N–H and O–H groups in total. The molecular weight excluding hydrogens is 380 g/mol. The van der Waals surface area contributed by atoms with Crippen LogP contribution in [0.1, 0.15) is 31.1 Å². The maximum atomic E-state index is 12.4. The molecule has 0 heterocycles. The van der Waals surface area contributed by atoms with Gasteiger partial charge in [0.15, 0.2) is 0 Å². The first-order valence-corrected chi connectivity index (χ1v) is 8.82. The zero-order chi connectivity index (χ0) is 16.6. The molecule has 0 saturated carbocycles. The highest BCUT2D eigenvalue weighted by Crippen LogP contribution is 2.31. The quantitative estimate of drug-likeness (QED) is 0.851. The van der Waals surface area contributed by atoms with Gasteiger partial charge >= 0.3 is 0 Å². The highest BCUT2D eigenvalue weighted by Gasteiger charge is 2.23. The van der Waals surface area contributed by atoms with Crippen molar-refractivity contribution in [2.24, 2.45) is 10.6 Å². The summed E-state index contributed by atoms with van der Waals surface area (Å²) in [4.78, 5) is 13.7. The Morgan fingerprint density at radius 3 is 2.33 bits per heavy atom. The Morgan fingerprint density at radius 1 is 1.38 bits per heavy atom. The Hall–Kier alpha value is -0.630. The fourth-order valence-electron chi connectivity index (χ4n) is 1.90. The minimum Gasteiger partial charge on any atom is -0.341 e. The Kier molecular flexibility index (Phi) is 5.47. The van der Waals surface area contributed by atoms with Gasteiger partial charge in [0.2, 0.25) is 10.0 Å². The first-order valence-electron chi connectivity index (χ1n) is 6.10. The third-order valence-electron chi connectivity index (χ3n) is 2.61. The van der Waals surface area contributed by atoms with Crippen molar-refractivity contribution in [3.05, 3.63) is 27.2 Å².